The van der Waals surface area contributed by atoms with Crippen molar-refractivity contribution in [2.75, 3.05) is 6.26 Å². The van der Waals surface area contributed by atoms with E-state index >= 15 is 0 Å². The standard InChI is InChI=1S/C17H18ClNO3S/c1-12(14-6-8-16(9-7-14)23(2,21)22)19-17(20)11-13-4-3-5-15(18)10-13/h3-10,12H,11H2,1-2H3,(H,19,20). The van der Waals surface area contributed by atoms with E-state index in [4.69, 9.17) is 11.6 Å². The average Bonchev–Trinajstić information content (AvgIpc) is 2.46. The zero-order chi connectivity index (χ0) is 17.0. The van der Waals surface area contributed by atoms with Crippen LogP contribution in [0.3, 0.4) is 0 Å². The lowest BCUT2D eigenvalue weighted by atomic mass is 10.1. The van der Waals surface area contributed by atoms with Crippen LogP contribution in [0.5, 0.6) is 0 Å². The van der Waals surface area contributed by atoms with Crippen LogP contribution in [0.25, 0.3) is 0 Å². The van der Waals surface area contributed by atoms with Crippen LogP contribution >= 0.6 is 11.6 Å². The van der Waals surface area contributed by atoms with Crippen molar-refractivity contribution in [2.24, 2.45) is 0 Å². The van der Waals surface area contributed by atoms with E-state index in [-0.39, 0.29) is 23.3 Å². The van der Waals surface area contributed by atoms with Gasteiger partial charge in [0.25, 0.3) is 0 Å². The molecular formula is C17H18ClNO3S. The molecule has 0 bridgehead atoms. The Morgan fingerprint density at radius 1 is 1.17 bits per heavy atom. The minimum Gasteiger partial charge on any atom is -0.349 e. The van der Waals surface area contributed by atoms with Gasteiger partial charge < -0.3 is 5.32 Å². The summed E-state index contributed by atoms with van der Waals surface area (Å²) in [6.07, 6.45) is 1.41. The van der Waals surface area contributed by atoms with E-state index in [1.165, 1.54) is 0 Å². The Morgan fingerprint density at radius 3 is 2.39 bits per heavy atom. The second kappa shape index (κ2) is 7.15. The van der Waals surface area contributed by atoms with Crippen LogP contribution in [-0.2, 0) is 21.1 Å². The Kier molecular flexibility index (Phi) is 5.44. The Hall–Kier alpha value is -1.85. The molecule has 4 nitrogen and oxygen atoms in total. The highest BCUT2D eigenvalue weighted by atomic mass is 35.5. The highest BCUT2D eigenvalue weighted by Gasteiger charge is 2.12. The van der Waals surface area contributed by atoms with Crippen molar-refractivity contribution >= 4 is 27.3 Å². The van der Waals surface area contributed by atoms with E-state index in [9.17, 15) is 13.2 Å². The second-order valence-electron chi connectivity index (χ2n) is 5.44. The zero-order valence-corrected chi connectivity index (χ0v) is 14.5. The number of hydrogen-bond acceptors (Lipinski definition) is 3. The number of amides is 1. The Labute approximate surface area is 141 Å². The van der Waals surface area contributed by atoms with Crippen molar-refractivity contribution in [3.63, 3.8) is 0 Å². The van der Waals surface area contributed by atoms with Gasteiger partial charge in [-0.2, -0.15) is 0 Å². The summed E-state index contributed by atoms with van der Waals surface area (Å²) in [6.45, 7) is 1.85. The lowest BCUT2D eigenvalue weighted by Gasteiger charge is -2.15. The molecule has 0 aliphatic carbocycles. The molecule has 1 unspecified atom stereocenters. The molecule has 0 saturated carbocycles. The normalized spacial score (nSPS) is 12.7. The fourth-order valence-corrected chi connectivity index (χ4v) is 3.06. The number of carbonyl (C=O) groups excluding carboxylic acids is 1. The van der Waals surface area contributed by atoms with Gasteiger partial charge in [-0.3, -0.25) is 4.79 Å². The molecule has 1 amide bonds. The topological polar surface area (TPSA) is 63.2 Å². The first-order valence-corrected chi connectivity index (χ1v) is 9.36. The summed E-state index contributed by atoms with van der Waals surface area (Å²) in [5, 5.41) is 3.49. The first-order valence-electron chi connectivity index (χ1n) is 7.09. The maximum atomic E-state index is 12.1. The minimum atomic E-state index is -3.21. The monoisotopic (exact) mass is 351 g/mol. The quantitative estimate of drug-likeness (QED) is 0.899. The molecule has 122 valence electrons. The lowest BCUT2D eigenvalue weighted by molar-refractivity contribution is -0.121. The Bertz CT molecular complexity index is 801. The second-order valence-corrected chi connectivity index (χ2v) is 7.89. The number of nitrogens with one attached hydrogen (secondary N) is 1. The van der Waals surface area contributed by atoms with Gasteiger partial charge >= 0.3 is 0 Å². The highest BCUT2D eigenvalue weighted by Crippen LogP contribution is 2.17. The van der Waals surface area contributed by atoms with Crippen molar-refractivity contribution in [1.82, 2.24) is 5.32 Å². The highest BCUT2D eigenvalue weighted by molar-refractivity contribution is 7.90. The van der Waals surface area contributed by atoms with Crippen LogP contribution in [0.4, 0.5) is 0 Å². The third-order valence-electron chi connectivity index (χ3n) is 3.44. The first kappa shape index (κ1) is 17.5. The van der Waals surface area contributed by atoms with Gasteiger partial charge in [-0.05, 0) is 42.3 Å². The molecule has 0 saturated heterocycles. The van der Waals surface area contributed by atoms with Gasteiger partial charge in [0.1, 0.15) is 0 Å². The van der Waals surface area contributed by atoms with Crippen LogP contribution in [-0.4, -0.2) is 20.6 Å². The molecule has 1 N–H and O–H groups in total. The molecule has 1 atom stereocenters. The summed E-state index contributed by atoms with van der Waals surface area (Å²) >= 11 is 5.90. The van der Waals surface area contributed by atoms with E-state index in [1.807, 2.05) is 13.0 Å². The molecular weight excluding hydrogens is 334 g/mol. The number of sulfone groups is 1. The van der Waals surface area contributed by atoms with E-state index in [0.717, 1.165) is 17.4 Å². The van der Waals surface area contributed by atoms with Crippen molar-refractivity contribution in [1.29, 1.82) is 0 Å². The first-order chi connectivity index (χ1) is 10.8. The van der Waals surface area contributed by atoms with Gasteiger partial charge in [0, 0.05) is 11.3 Å². The fourth-order valence-electron chi connectivity index (χ4n) is 2.21. The molecule has 6 heteroatoms. The third-order valence-corrected chi connectivity index (χ3v) is 4.80. The lowest BCUT2D eigenvalue weighted by Crippen LogP contribution is -2.28. The summed E-state index contributed by atoms with van der Waals surface area (Å²) in [5.74, 6) is -0.119. The predicted octanol–water partition coefficient (Wildman–Crippen LogP) is 3.16. The Balaban J connectivity index is 2.01. The summed E-state index contributed by atoms with van der Waals surface area (Å²) in [4.78, 5) is 12.3. The molecule has 0 fully saturated rings. The SMILES string of the molecule is CC(NC(=O)Cc1cccc(Cl)c1)c1ccc(S(C)(=O)=O)cc1. The number of hydrogen-bond donors (Lipinski definition) is 1. The van der Waals surface area contributed by atoms with Gasteiger partial charge in [-0.1, -0.05) is 35.9 Å². The number of rotatable bonds is 5. The average molecular weight is 352 g/mol. The molecule has 2 aromatic carbocycles. The zero-order valence-electron chi connectivity index (χ0n) is 12.9. The molecule has 0 aliphatic rings. The van der Waals surface area contributed by atoms with E-state index < -0.39 is 9.84 Å². The summed E-state index contributed by atoms with van der Waals surface area (Å²) in [5.41, 5.74) is 1.69. The van der Waals surface area contributed by atoms with Crippen LogP contribution in [0, 0.1) is 0 Å². The number of halogens is 1. The van der Waals surface area contributed by atoms with Gasteiger partial charge in [-0.25, -0.2) is 8.42 Å². The van der Waals surface area contributed by atoms with E-state index in [0.29, 0.717) is 5.02 Å². The summed E-state index contributed by atoms with van der Waals surface area (Å²) < 4.78 is 22.9. The summed E-state index contributed by atoms with van der Waals surface area (Å²) in [7, 11) is -3.21. The maximum absolute atomic E-state index is 12.1. The Morgan fingerprint density at radius 2 is 1.83 bits per heavy atom. The molecule has 0 spiro atoms. The molecule has 23 heavy (non-hydrogen) atoms. The van der Waals surface area contributed by atoms with E-state index in [2.05, 4.69) is 5.32 Å². The van der Waals surface area contributed by atoms with Crippen LogP contribution in [0.2, 0.25) is 5.02 Å². The molecule has 0 aliphatic heterocycles. The van der Waals surface area contributed by atoms with Gasteiger partial charge in [0.15, 0.2) is 9.84 Å². The van der Waals surface area contributed by atoms with Gasteiger partial charge in [0.2, 0.25) is 5.91 Å². The molecule has 0 heterocycles. The number of carbonyl (C=O) groups is 1. The molecule has 2 rings (SSSR count). The molecule has 0 radical (unpaired) electrons. The number of benzene rings is 2. The molecule has 2 aromatic rings. The summed E-state index contributed by atoms with van der Waals surface area (Å²) in [6, 6.07) is 13.5. The van der Waals surface area contributed by atoms with Crippen molar-refractivity contribution in [2.45, 2.75) is 24.3 Å². The largest absolute Gasteiger partial charge is 0.349 e. The van der Waals surface area contributed by atoms with Crippen LogP contribution < -0.4 is 5.32 Å². The minimum absolute atomic E-state index is 0.119. The fraction of sp³-hybridized carbons (Fsp3) is 0.235. The van der Waals surface area contributed by atoms with Crippen molar-refractivity contribution in [3.05, 3.63) is 64.7 Å². The van der Waals surface area contributed by atoms with Gasteiger partial charge in [0.05, 0.1) is 17.4 Å². The van der Waals surface area contributed by atoms with E-state index in [1.54, 1.807) is 42.5 Å². The molecule has 0 aromatic heterocycles. The van der Waals surface area contributed by atoms with Crippen molar-refractivity contribution < 1.29 is 13.2 Å². The smallest absolute Gasteiger partial charge is 0.224 e. The van der Waals surface area contributed by atoms with Crippen molar-refractivity contribution in [3.8, 4) is 0 Å². The third kappa shape index (κ3) is 5.08. The maximum Gasteiger partial charge on any atom is 0.224 e. The predicted molar refractivity (Wildman–Crippen MR) is 91.3 cm³/mol. The van der Waals surface area contributed by atoms with Gasteiger partial charge in [-0.15, -0.1) is 0 Å². The van der Waals surface area contributed by atoms with Crippen LogP contribution in [0.15, 0.2) is 53.4 Å². The van der Waals surface area contributed by atoms with Crippen LogP contribution in [0.1, 0.15) is 24.1 Å².